The van der Waals surface area contributed by atoms with Crippen LogP contribution in [0.1, 0.15) is 46.0 Å². The van der Waals surface area contributed by atoms with E-state index in [4.69, 9.17) is 4.74 Å². The zero-order valence-corrected chi connectivity index (χ0v) is 14.6. The van der Waals surface area contributed by atoms with Gasteiger partial charge in [-0.1, -0.05) is 32.1 Å². The molecule has 3 rings (SSSR count). The third kappa shape index (κ3) is 3.72. The second-order valence-electron chi connectivity index (χ2n) is 6.50. The molecule has 0 fully saturated rings. The van der Waals surface area contributed by atoms with Gasteiger partial charge in [-0.25, -0.2) is 0 Å². The van der Waals surface area contributed by atoms with Crippen molar-refractivity contribution in [1.82, 2.24) is 9.80 Å². The highest BCUT2D eigenvalue weighted by molar-refractivity contribution is 5.36. The van der Waals surface area contributed by atoms with Crippen LogP contribution in [0.3, 0.4) is 0 Å². The van der Waals surface area contributed by atoms with Crippen molar-refractivity contribution in [2.75, 3.05) is 26.2 Å². The molecular formula is C20H30N2O. The Bertz CT molecular complexity index is 526. The summed E-state index contributed by atoms with van der Waals surface area (Å²) in [5.74, 6) is 1.20. The molecule has 0 bridgehead atoms. The van der Waals surface area contributed by atoms with Gasteiger partial charge in [-0.05, 0) is 51.0 Å². The van der Waals surface area contributed by atoms with Gasteiger partial charge in [0.25, 0.3) is 0 Å². The van der Waals surface area contributed by atoms with Crippen LogP contribution >= 0.6 is 0 Å². The van der Waals surface area contributed by atoms with Crippen molar-refractivity contribution in [3.8, 4) is 0 Å². The fourth-order valence-corrected chi connectivity index (χ4v) is 3.66. The molecule has 3 aliphatic rings. The summed E-state index contributed by atoms with van der Waals surface area (Å²) in [4.78, 5) is 5.03. The van der Waals surface area contributed by atoms with E-state index >= 15 is 0 Å². The molecule has 0 aromatic carbocycles. The fourth-order valence-electron chi connectivity index (χ4n) is 3.66. The summed E-state index contributed by atoms with van der Waals surface area (Å²) in [5, 5.41) is 0. The molecule has 126 valence electrons. The summed E-state index contributed by atoms with van der Waals surface area (Å²) in [6, 6.07) is 0. The number of hydrogen-bond acceptors (Lipinski definition) is 3. The first-order valence-electron chi connectivity index (χ1n) is 9.26. The summed E-state index contributed by atoms with van der Waals surface area (Å²) >= 11 is 0. The van der Waals surface area contributed by atoms with Crippen LogP contribution in [0.2, 0.25) is 0 Å². The summed E-state index contributed by atoms with van der Waals surface area (Å²) in [7, 11) is 0. The lowest BCUT2D eigenvalue weighted by molar-refractivity contribution is 0.0825. The standard InChI is InChI=1S/C20H30N2O/c1-3-21(4-2)15-9-10-16-22-17-11-5-7-13-19(17)23-20-14-8-6-12-18(20)22/h5-7,11-12,19H,3-4,8-10,13-16H2,1-2H3. The van der Waals surface area contributed by atoms with Crippen LogP contribution in [-0.2, 0) is 4.74 Å². The molecule has 3 nitrogen and oxygen atoms in total. The number of allylic oxidation sites excluding steroid dienone is 5. The minimum atomic E-state index is 0.230. The number of hydrogen-bond donors (Lipinski definition) is 0. The van der Waals surface area contributed by atoms with E-state index in [1.54, 1.807) is 0 Å². The van der Waals surface area contributed by atoms with Crippen molar-refractivity contribution in [2.24, 2.45) is 0 Å². The number of ether oxygens (including phenoxy) is 1. The van der Waals surface area contributed by atoms with E-state index < -0.39 is 0 Å². The minimum Gasteiger partial charge on any atom is -0.486 e. The molecule has 23 heavy (non-hydrogen) atoms. The van der Waals surface area contributed by atoms with Gasteiger partial charge in [0.2, 0.25) is 0 Å². The topological polar surface area (TPSA) is 15.7 Å². The first-order chi connectivity index (χ1) is 11.3. The van der Waals surface area contributed by atoms with Crippen LogP contribution in [0.4, 0.5) is 0 Å². The highest BCUT2D eigenvalue weighted by atomic mass is 16.5. The van der Waals surface area contributed by atoms with Crippen molar-refractivity contribution in [1.29, 1.82) is 0 Å². The van der Waals surface area contributed by atoms with Crippen LogP contribution in [0, 0.1) is 0 Å². The Labute approximate surface area is 141 Å². The molecule has 0 spiro atoms. The predicted octanol–water partition coefficient (Wildman–Crippen LogP) is 4.21. The Hall–Kier alpha value is -1.48. The van der Waals surface area contributed by atoms with Crippen LogP contribution in [0.15, 0.2) is 47.5 Å². The van der Waals surface area contributed by atoms with Gasteiger partial charge in [-0.3, -0.25) is 0 Å². The molecule has 0 aromatic rings. The molecule has 2 aliphatic carbocycles. The van der Waals surface area contributed by atoms with E-state index in [-0.39, 0.29) is 6.10 Å². The van der Waals surface area contributed by atoms with Crippen LogP contribution in [0.25, 0.3) is 0 Å². The van der Waals surface area contributed by atoms with Gasteiger partial charge in [0.15, 0.2) is 0 Å². The Morgan fingerprint density at radius 1 is 1.22 bits per heavy atom. The van der Waals surface area contributed by atoms with E-state index in [0.717, 1.165) is 38.9 Å². The summed E-state index contributed by atoms with van der Waals surface area (Å²) in [5.41, 5.74) is 2.65. The smallest absolute Gasteiger partial charge is 0.142 e. The van der Waals surface area contributed by atoms with Gasteiger partial charge in [-0.15, -0.1) is 0 Å². The van der Waals surface area contributed by atoms with Crippen LogP contribution < -0.4 is 0 Å². The van der Waals surface area contributed by atoms with Crippen molar-refractivity contribution in [2.45, 2.75) is 52.1 Å². The summed E-state index contributed by atoms with van der Waals surface area (Å²) in [6.45, 7) is 9.12. The first-order valence-corrected chi connectivity index (χ1v) is 9.26. The van der Waals surface area contributed by atoms with Crippen molar-refractivity contribution in [3.63, 3.8) is 0 Å². The molecule has 0 aromatic heterocycles. The zero-order chi connectivity index (χ0) is 16.1. The van der Waals surface area contributed by atoms with Crippen molar-refractivity contribution >= 4 is 0 Å². The van der Waals surface area contributed by atoms with E-state index in [1.807, 2.05) is 0 Å². The van der Waals surface area contributed by atoms with Gasteiger partial charge >= 0.3 is 0 Å². The number of rotatable bonds is 7. The number of unbranched alkanes of at least 4 members (excludes halogenated alkanes) is 1. The molecule has 0 saturated heterocycles. The second kappa shape index (κ2) is 7.87. The Balaban J connectivity index is 1.65. The molecule has 0 N–H and O–H groups in total. The highest BCUT2D eigenvalue weighted by Gasteiger charge is 2.32. The maximum atomic E-state index is 6.26. The first kappa shape index (κ1) is 16.4. The summed E-state index contributed by atoms with van der Waals surface area (Å²) < 4.78 is 6.26. The van der Waals surface area contributed by atoms with E-state index in [1.165, 1.54) is 36.5 Å². The average Bonchev–Trinajstić information content (AvgIpc) is 2.61. The third-order valence-electron chi connectivity index (χ3n) is 5.07. The van der Waals surface area contributed by atoms with Crippen molar-refractivity contribution < 1.29 is 4.74 Å². The van der Waals surface area contributed by atoms with Crippen LogP contribution in [-0.4, -0.2) is 42.1 Å². The van der Waals surface area contributed by atoms with E-state index in [9.17, 15) is 0 Å². The molecule has 0 amide bonds. The van der Waals surface area contributed by atoms with Gasteiger partial charge in [0, 0.05) is 19.4 Å². The Morgan fingerprint density at radius 2 is 2.09 bits per heavy atom. The second-order valence-corrected chi connectivity index (χ2v) is 6.50. The Morgan fingerprint density at radius 3 is 2.91 bits per heavy atom. The molecule has 1 atom stereocenters. The average molecular weight is 314 g/mol. The quantitative estimate of drug-likeness (QED) is 0.655. The third-order valence-corrected chi connectivity index (χ3v) is 5.07. The fraction of sp³-hybridized carbons (Fsp3) is 0.600. The largest absolute Gasteiger partial charge is 0.486 e. The zero-order valence-electron chi connectivity index (χ0n) is 14.6. The molecule has 3 heteroatoms. The normalized spacial score (nSPS) is 22.8. The number of nitrogens with zero attached hydrogens (tertiary/aromatic N) is 2. The maximum absolute atomic E-state index is 6.26. The van der Waals surface area contributed by atoms with Gasteiger partial charge < -0.3 is 14.5 Å². The SMILES string of the molecule is CCN(CC)CCCCN1C2=CC=CCC2OC2=C1C=CCC2. The van der Waals surface area contributed by atoms with Gasteiger partial charge in [-0.2, -0.15) is 0 Å². The molecule has 1 aliphatic heterocycles. The molecule has 0 radical (unpaired) electrons. The maximum Gasteiger partial charge on any atom is 0.142 e. The van der Waals surface area contributed by atoms with Crippen LogP contribution in [0.5, 0.6) is 0 Å². The number of fused-ring (bicyclic) bond motifs is 1. The van der Waals surface area contributed by atoms with E-state index in [2.05, 4.69) is 54.0 Å². The lowest BCUT2D eigenvalue weighted by atomic mass is 9.99. The van der Waals surface area contributed by atoms with Gasteiger partial charge in [0.1, 0.15) is 11.9 Å². The molecule has 0 saturated carbocycles. The highest BCUT2D eigenvalue weighted by Crippen LogP contribution is 2.37. The molecule has 1 heterocycles. The van der Waals surface area contributed by atoms with Crippen molar-refractivity contribution in [3.05, 3.63) is 47.5 Å². The lowest BCUT2D eigenvalue weighted by Crippen LogP contribution is -2.38. The summed E-state index contributed by atoms with van der Waals surface area (Å²) in [6.07, 6.45) is 17.1. The predicted molar refractivity (Wildman–Crippen MR) is 95.8 cm³/mol. The van der Waals surface area contributed by atoms with E-state index in [0.29, 0.717) is 0 Å². The minimum absolute atomic E-state index is 0.230. The monoisotopic (exact) mass is 314 g/mol. The Kier molecular flexibility index (Phi) is 5.60. The molecule has 1 unspecified atom stereocenters. The molecular weight excluding hydrogens is 284 g/mol. The van der Waals surface area contributed by atoms with Gasteiger partial charge in [0.05, 0.1) is 11.4 Å². The lowest BCUT2D eigenvalue weighted by Gasteiger charge is -2.41.